The Hall–Kier alpha value is -3.40. The van der Waals surface area contributed by atoms with E-state index in [1.807, 2.05) is 38.1 Å². The maximum absolute atomic E-state index is 13.7. The van der Waals surface area contributed by atoms with Gasteiger partial charge in [0.25, 0.3) is 0 Å². The molecule has 9 heteroatoms. The Balaban J connectivity index is 1.82. The van der Waals surface area contributed by atoms with E-state index in [2.05, 4.69) is 0 Å². The van der Waals surface area contributed by atoms with E-state index in [0.717, 1.165) is 27.0 Å². The lowest BCUT2D eigenvalue weighted by molar-refractivity contribution is -0.139. The molecular formula is C26H26FN3O4S. The van der Waals surface area contributed by atoms with Crippen LogP contribution in [0.25, 0.3) is 32.7 Å². The molecule has 0 aliphatic heterocycles. The number of carboxylic acids is 1. The van der Waals surface area contributed by atoms with Crippen LogP contribution in [0.15, 0.2) is 54.6 Å². The van der Waals surface area contributed by atoms with E-state index in [0.29, 0.717) is 10.8 Å². The quantitative estimate of drug-likeness (QED) is 0.301. The van der Waals surface area contributed by atoms with E-state index < -0.39 is 24.6 Å². The Morgan fingerprint density at radius 2 is 1.86 bits per heavy atom. The number of carboxylic acid groups (broad SMARTS) is 1. The van der Waals surface area contributed by atoms with E-state index in [4.69, 9.17) is 15.2 Å². The molecule has 0 aliphatic carbocycles. The first-order chi connectivity index (χ1) is 16.7. The van der Waals surface area contributed by atoms with Crippen LogP contribution in [0, 0.1) is 5.82 Å². The van der Waals surface area contributed by atoms with E-state index in [1.54, 1.807) is 22.9 Å². The van der Waals surface area contributed by atoms with E-state index in [1.165, 1.54) is 29.5 Å². The third kappa shape index (κ3) is 5.64. The second-order valence-corrected chi connectivity index (χ2v) is 9.61. The van der Waals surface area contributed by atoms with Crippen LogP contribution < -0.4 is 0 Å². The Morgan fingerprint density at radius 3 is 2.51 bits per heavy atom. The highest BCUT2D eigenvalue weighted by Gasteiger charge is 2.23. The Morgan fingerprint density at radius 1 is 1.14 bits per heavy atom. The van der Waals surface area contributed by atoms with Gasteiger partial charge in [-0.15, -0.1) is 0 Å². The van der Waals surface area contributed by atoms with Gasteiger partial charge in [0.15, 0.2) is 0 Å². The van der Waals surface area contributed by atoms with Crippen LogP contribution in [0.2, 0.25) is 0 Å². The standard InChI is InChI=1S/C26H26FN3O4S/c1-15(2)24-20(12-11-18(31)13-19(32)14-23(33)34)25(16-7-9-17(27)10-8-16)30(29-24)26-28-21-5-3-4-6-22(21)35-26/h3-12,15,18-19,31-32H,13-14H2,1-2H3,(H,33,34)/t18-,19-/m1/s1. The largest absolute Gasteiger partial charge is 0.481 e. The molecule has 0 aliphatic rings. The summed E-state index contributed by atoms with van der Waals surface area (Å²) in [6, 6.07) is 13.9. The summed E-state index contributed by atoms with van der Waals surface area (Å²) in [7, 11) is 0. The zero-order valence-corrected chi connectivity index (χ0v) is 20.1. The van der Waals surface area contributed by atoms with Crippen molar-refractivity contribution in [1.82, 2.24) is 14.8 Å². The number of aliphatic carboxylic acids is 1. The van der Waals surface area contributed by atoms with Gasteiger partial charge < -0.3 is 15.3 Å². The van der Waals surface area contributed by atoms with Crippen LogP contribution >= 0.6 is 11.3 Å². The smallest absolute Gasteiger partial charge is 0.305 e. The molecule has 7 nitrogen and oxygen atoms in total. The van der Waals surface area contributed by atoms with Crippen molar-refractivity contribution in [3.8, 4) is 16.4 Å². The molecule has 2 aromatic carbocycles. The third-order valence-electron chi connectivity index (χ3n) is 5.49. The van der Waals surface area contributed by atoms with Crippen LogP contribution in [0.5, 0.6) is 0 Å². The lowest BCUT2D eigenvalue weighted by atomic mass is 9.98. The first-order valence-corrected chi connectivity index (χ1v) is 12.1. The summed E-state index contributed by atoms with van der Waals surface area (Å²) in [6.45, 7) is 4.01. The van der Waals surface area contributed by atoms with Gasteiger partial charge in [-0.2, -0.15) is 5.10 Å². The van der Waals surface area contributed by atoms with Gasteiger partial charge in [0.05, 0.1) is 40.2 Å². The molecule has 2 aromatic heterocycles. The first-order valence-electron chi connectivity index (χ1n) is 11.2. The zero-order chi connectivity index (χ0) is 25.1. The minimum absolute atomic E-state index is 0.0271. The number of thiazole rings is 1. The Bertz CT molecular complexity index is 1330. The number of benzene rings is 2. The number of aliphatic hydroxyl groups is 2. The summed E-state index contributed by atoms with van der Waals surface area (Å²) in [5, 5.41) is 34.7. The summed E-state index contributed by atoms with van der Waals surface area (Å²) >= 11 is 1.49. The number of aromatic nitrogens is 3. The average molecular weight is 496 g/mol. The van der Waals surface area contributed by atoms with Crippen molar-refractivity contribution in [3.05, 3.63) is 71.7 Å². The highest BCUT2D eigenvalue weighted by Crippen LogP contribution is 2.36. The molecule has 0 fully saturated rings. The van der Waals surface area contributed by atoms with Gasteiger partial charge in [0.1, 0.15) is 5.82 Å². The van der Waals surface area contributed by atoms with Gasteiger partial charge >= 0.3 is 5.97 Å². The summed E-state index contributed by atoms with van der Waals surface area (Å²) < 4.78 is 16.5. The van der Waals surface area contributed by atoms with Crippen LogP contribution in [0.3, 0.4) is 0 Å². The average Bonchev–Trinajstić information content (AvgIpc) is 3.39. The number of rotatable bonds is 9. The van der Waals surface area contributed by atoms with Crippen molar-refractivity contribution in [2.45, 2.75) is 44.8 Å². The molecule has 2 heterocycles. The summed E-state index contributed by atoms with van der Waals surface area (Å²) in [5.74, 6) is -1.46. The number of fused-ring (bicyclic) bond motifs is 1. The molecule has 0 saturated heterocycles. The molecule has 0 saturated carbocycles. The molecule has 0 radical (unpaired) electrons. The molecule has 2 atom stereocenters. The normalized spacial score (nSPS) is 13.7. The monoisotopic (exact) mass is 495 g/mol. The van der Waals surface area contributed by atoms with Crippen molar-refractivity contribution < 1.29 is 24.5 Å². The fourth-order valence-electron chi connectivity index (χ4n) is 3.86. The molecule has 0 bridgehead atoms. The van der Waals surface area contributed by atoms with Crippen LogP contribution in [-0.4, -0.2) is 48.3 Å². The predicted octanol–water partition coefficient (Wildman–Crippen LogP) is 5.01. The number of hydrogen-bond donors (Lipinski definition) is 3. The fraction of sp³-hybridized carbons (Fsp3) is 0.269. The minimum atomic E-state index is -1.17. The van der Waals surface area contributed by atoms with Crippen molar-refractivity contribution in [3.63, 3.8) is 0 Å². The van der Waals surface area contributed by atoms with Gasteiger partial charge in [-0.05, 0) is 42.3 Å². The molecule has 182 valence electrons. The van der Waals surface area contributed by atoms with Crippen molar-refractivity contribution in [2.75, 3.05) is 0 Å². The number of halogens is 1. The molecular weight excluding hydrogens is 469 g/mol. The topological polar surface area (TPSA) is 108 Å². The second kappa shape index (κ2) is 10.5. The number of para-hydroxylation sites is 1. The maximum Gasteiger partial charge on any atom is 0.305 e. The molecule has 4 aromatic rings. The van der Waals surface area contributed by atoms with Gasteiger partial charge in [-0.25, -0.2) is 14.1 Å². The zero-order valence-electron chi connectivity index (χ0n) is 19.3. The number of nitrogens with zero attached hydrogens (tertiary/aromatic N) is 3. The molecule has 4 rings (SSSR count). The van der Waals surface area contributed by atoms with Gasteiger partial charge in [0, 0.05) is 17.5 Å². The van der Waals surface area contributed by atoms with Crippen LogP contribution in [-0.2, 0) is 4.79 Å². The Labute approximate surface area is 205 Å². The number of carbonyl (C=O) groups is 1. The van der Waals surface area contributed by atoms with Crippen molar-refractivity contribution in [1.29, 1.82) is 0 Å². The minimum Gasteiger partial charge on any atom is -0.481 e. The van der Waals surface area contributed by atoms with E-state index in [-0.39, 0.29) is 18.2 Å². The number of aliphatic hydroxyl groups excluding tert-OH is 2. The van der Waals surface area contributed by atoms with Crippen LogP contribution in [0.4, 0.5) is 4.39 Å². The lowest BCUT2D eigenvalue weighted by Gasteiger charge is -2.11. The van der Waals surface area contributed by atoms with Crippen molar-refractivity contribution in [2.24, 2.45) is 0 Å². The maximum atomic E-state index is 13.7. The second-order valence-electron chi connectivity index (χ2n) is 8.60. The SMILES string of the molecule is CC(C)c1nn(-c2nc3ccccc3s2)c(-c2ccc(F)cc2)c1C=C[C@@H](O)C[C@@H](O)CC(=O)O. The summed E-state index contributed by atoms with van der Waals surface area (Å²) in [6.07, 6.45) is 0.457. The van der Waals surface area contributed by atoms with Gasteiger partial charge in [-0.3, -0.25) is 4.79 Å². The fourth-order valence-corrected chi connectivity index (χ4v) is 4.79. The van der Waals surface area contributed by atoms with Gasteiger partial charge in [-0.1, -0.05) is 49.5 Å². The molecule has 0 unspecified atom stereocenters. The summed E-state index contributed by atoms with van der Waals surface area (Å²) in [4.78, 5) is 15.6. The van der Waals surface area contributed by atoms with E-state index in [9.17, 15) is 19.4 Å². The molecule has 35 heavy (non-hydrogen) atoms. The van der Waals surface area contributed by atoms with Gasteiger partial charge in [0.2, 0.25) is 5.13 Å². The molecule has 0 spiro atoms. The van der Waals surface area contributed by atoms with Crippen LogP contribution in [0.1, 0.15) is 43.9 Å². The third-order valence-corrected chi connectivity index (χ3v) is 6.50. The highest BCUT2D eigenvalue weighted by molar-refractivity contribution is 7.20. The molecule has 3 N–H and O–H groups in total. The van der Waals surface area contributed by atoms with Crippen molar-refractivity contribution >= 4 is 33.6 Å². The van der Waals surface area contributed by atoms with E-state index >= 15 is 0 Å². The first kappa shape index (κ1) is 24.7. The Kier molecular flexibility index (Phi) is 7.39. The predicted molar refractivity (Wildman–Crippen MR) is 134 cm³/mol. The highest BCUT2D eigenvalue weighted by atomic mass is 32.1. The summed E-state index contributed by atoms with van der Waals surface area (Å²) in [5.41, 5.74) is 3.77. The number of hydrogen-bond acceptors (Lipinski definition) is 6. The molecule has 0 amide bonds. The lowest BCUT2D eigenvalue weighted by Crippen LogP contribution is -2.19.